The summed E-state index contributed by atoms with van der Waals surface area (Å²) in [5.41, 5.74) is 3.70. The van der Waals surface area contributed by atoms with Gasteiger partial charge in [-0.3, -0.25) is 5.01 Å². The van der Waals surface area contributed by atoms with Crippen molar-refractivity contribution >= 4 is 17.0 Å². The molecule has 0 N–H and O–H groups in total. The normalized spacial score (nSPS) is 20.7. The molecule has 1 saturated heterocycles. The molecule has 1 aliphatic carbocycles. The number of hydrogen-bond donors (Lipinski definition) is 0. The maximum atomic E-state index is 4.97. The number of aryl methyl sites for hydroxylation is 1. The van der Waals surface area contributed by atoms with Gasteiger partial charge in [0.15, 0.2) is 0 Å². The predicted octanol–water partition coefficient (Wildman–Crippen LogP) is 3.10. The highest BCUT2D eigenvalue weighted by Gasteiger charge is 2.23. The van der Waals surface area contributed by atoms with Crippen molar-refractivity contribution in [1.29, 1.82) is 0 Å². The number of hydrogen-bond acceptors (Lipinski definition) is 5. The monoisotopic (exact) mass is 326 g/mol. The lowest BCUT2D eigenvalue weighted by molar-refractivity contribution is 0.158. The van der Waals surface area contributed by atoms with Crippen molar-refractivity contribution in [3.8, 4) is 10.6 Å². The molecule has 0 spiro atoms. The van der Waals surface area contributed by atoms with Crippen molar-refractivity contribution in [1.82, 2.24) is 14.9 Å². The van der Waals surface area contributed by atoms with Gasteiger partial charge >= 0.3 is 0 Å². The van der Waals surface area contributed by atoms with Crippen LogP contribution in [-0.4, -0.2) is 53.8 Å². The average Bonchev–Trinajstić information content (AvgIpc) is 3.03. The van der Waals surface area contributed by atoms with Crippen LogP contribution in [0.2, 0.25) is 0 Å². The van der Waals surface area contributed by atoms with E-state index >= 15 is 0 Å². The van der Waals surface area contributed by atoms with Gasteiger partial charge in [-0.2, -0.15) is 5.10 Å². The molecule has 1 aliphatic heterocycles. The quantitative estimate of drug-likeness (QED) is 0.850. The molecule has 0 amide bonds. The Morgan fingerprint density at radius 1 is 1.04 bits per heavy atom. The first-order chi connectivity index (χ1) is 11.3. The van der Waals surface area contributed by atoms with E-state index in [4.69, 9.17) is 10.1 Å². The van der Waals surface area contributed by atoms with Gasteiger partial charge in [0, 0.05) is 31.7 Å². The van der Waals surface area contributed by atoms with Gasteiger partial charge in [-0.05, 0) is 26.3 Å². The highest BCUT2D eigenvalue weighted by atomic mass is 32.1. The Bertz CT molecular complexity index is 699. The van der Waals surface area contributed by atoms with Crippen LogP contribution in [0, 0.1) is 0 Å². The van der Waals surface area contributed by atoms with Crippen LogP contribution in [0.25, 0.3) is 10.6 Å². The molecule has 0 radical (unpaired) electrons. The lowest BCUT2D eigenvalue weighted by Gasteiger charge is -2.31. The summed E-state index contributed by atoms with van der Waals surface area (Å²) in [6.45, 7) is 4.25. The summed E-state index contributed by atoms with van der Waals surface area (Å²) in [5, 5.41) is 8.34. The van der Waals surface area contributed by atoms with Crippen LogP contribution in [0.4, 0.5) is 0 Å². The molecular formula is C18H22N4S. The van der Waals surface area contributed by atoms with E-state index in [0.717, 1.165) is 50.4 Å². The number of thiazole rings is 1. The first-order valence-electron chi connectivity index (χ1n) is 8.36. The minimum Gasteiger partial charge on any atom is -0.303 e. The fraction of sp³-hybridized carbons (Fsp3) is 0.444. The molecule has 2 aliphatic rings. The third kappa shape index (κ3) is 3.16. The molecule has 1 aromatic heterocycles. The van der Waals surface area contributed by atoms with E-state index in [9.17, 15) is 0 Å². The summed E-state index contributed by atoms with van der Waals surface area (Å²) >= 11 is 1.81. The summed E-state index contributed by atoms with van der Waals surface area (Å²) < 4.78 is 0. The zero-order chi connectivity index (χ0) is 15.6. The van der Waals surface area contributed by atoms with Crippen molar-refractivity contribution in [2.45, 2.75) is 19.3 Å². The Morgan fingerprint density at radius 2 is 1.83 bits per heavy atom. The lowest BCUT2D eigenvalue weighted by atomic mass is 10.0. The summed E-state index contributed by atoms with van der Waals surface area (Å²) in [7, 11) is 2.18. The second-order valence-electron chi connectivity index (χ2n) is 6.32. The van der Waals surface area contributed by atoms with Gasteiger partial charge in [-0.25, -0.2) is 4.98 Å². The minimum atomic E-state index is 1.03. The van der Waals surface area contributed by atoms with Gasteiger partial charge in [0.25, 0.3) is 0 Å². The van der Waals surface area contributed by atoms with Crippen LogP contribution in [0.15, 0.2) is 35.4 Å². The molecule has 0 bridgehead atoms. The number of benzene rings is 1. The molecule has 0 atom stereocenters. The molecule has 23 heavy (non-hydrogen) atoms. The van der Waals surface area contributed by atoms with Crippen molar-refractivity contribution in [2.24, 2.45) is 5.10 Å². The number of hydrazone groups is 1. The third-order valence-electron chi connectivity index (χ3n) is 4.55. The number of likely N-dealkylation sites (N-methyl/N-ethyl adjacent to an activating group) is 1. The molecule has 4 nitrogen and oxygen atoms in total. The Hall–Kier alpha value is -1.72. The van der Waals surface area contributed by atoms with E-state index in [1.807, 2.05) is 0 Å². The first-order valence-corrected chi connectivity index (χ1v) is 9.18. The highest BCUT2D eigenvalue weighted by Crippen LogP contribution is 2.33. The Labute approximate surface area is 141 Å². The van der Waals surface area contributed by atoms with E-state index in [1.54, 1.807) is 11.3 Å². The fourth-order valence-electron chi connectivity index (χ4n) is 3.15. The maximum Gasteiger partial charge on any atom is 0.124 e. The van der Waals surface area contributed by atoms with Gasteiger partial charge < -0.3 is 4.90 Å². The Balaban J connectivity index is 1.62. The molecule has 2 heterocycles. The molecule has 4 rings (SSSR count). The van der Waals surface area contributed by atoms with Crippen LogP contribution in [0.5, 0.6) is 0 Å². The molecule has 1 fully saturated rings. The zero-order valence-electron chi connectivity index (χ0n) is 13.5. The van der Waals surface area contributed by atoms with Crippen molar-refractivity contribution in [3.05, 3.63) is 40.9 Å². The topological polar surface area (TPSA) is 31.7 Å². The molecule has 0 unspecified atom stereocenters. The standard InChI is InChI=1S/C18H22N4S/c1-21-10-12-22(13-11-21)20-16-9-5-8-15-17(16)23-18(19-15)14-6-3-2-4-7-14/h2-4,6-7H,5,8-13H2,1H3/b20-16-. The van der Waals surface area contributed by atoms with E-state index in [2.05, 4.69) is 47.3 Å². The zero-order valence-corrected chi connectivity index (χ0v) is 14.4. The van der Waals surface area contributed by atoms with Crippen LogP contribution >= 0.6 is 11.3 Å². The number of nitrogens with zero attached hydrogens (tertiary/aromatic N) is 4. The molecule has 1 aromatic carbocycles. The summed E-state index contributed by atoms with van der Waals surface area (Å²) in [5.74, 6) is 0. The van der Waals surface area contributed by atoms with Gasteiger partial charge in [-0.15, -0.1) is 11.3 Å². The van der Waals surface area contributed by atoms with Gasteiger partial charge in [-0.1, -0.05) is 30.3 Å². The lowest BCUT2D eigenvalue weighted by Crippen LogP contribution is -2.42. The average molecular weight is 326 g/mol. The number of piperazine rings is 1. The highest BCUT2D eigenvalue weighted by molar-refractivity contribution is 7.17. The Kier molecular flexibility index (Phi) is 4.14. The Morgan fingerprint density at radius 3 is 2.61 bits per heavy atom. The van der Waals surface area contributed by atoms with Crippen molar-refractivity contribution in [3.63, 3.8) is 0 Å². The van der Waals surface area contributed by atoms with Crippen molar-refractivity contribution in [2.75, 3.05) is 33.2 Å². The SMILES string of the molecule is CN1CCN(/N=C2/CCCc3nc(-c4ccccc4)sc32)CC1. The number of fused-ring (bicyclic) bond motifs is 1. The second kappa shape index (κ2) is 6.42. The van der Waals surface area contributed by atoms with Gasteiger partial charge in [0.05, 0.1) is 16.3 Å². The van der Waals surface area contributed by atoms with Crippen LogP contribution in [0.1, 0.15) is 23.4 Å². The van der Waals surface area contributed by atoms with Gasteiger partial charge in [0.2, 0.25) is 0 Å². The predicted molar refractivity (Wildman–Crippen MR) is 96.1 cm³/mol. The maximum absolute atomic E-state index is 4.97. The van der Waals surface area contributed by atoms with E-state index in [-0.39, 0.29) is 0 Å². The minimum absolute atomic E-state index is 1.03. The van der Waals surface area contributed by atoms with Crippen LogP contribution < -0.4 is 0 Å². The summed E-state index contributed by atoms with van der Waals surface area (Å²) in [4.78, 5) is 8.57. The van der Waals surface area contributed by atoms with E-state index < -0.39 is 0 Å². The molecule has 120 valence electrons. The van der Waals surface area contributed by atoms with Crippen LogP contribution in [0.3, 0.4) is 0 Å². The number of rotatable bonds is 2. The molecule has 0 saturated carbocycles. The summed E-state index contributed by atoms with van der Waals surface area (Å²) in [6.07, 6.45) is 3.33. The van der Waals surface area contributed by atoms with Crippen LogP contribution in [-0.2, 0) is 6.42 Å². The molecule has 2 aromatic rings. The van der Waals surface area contributed by atoms with E-state index in [0.29, 0.717) is 0 Å². The van der Waals surface area contributed by atoms with Crippen molar-refractivity contribution < 1.29 is 0 Å². The largest absolute Gasteiger partial charge is 0.303 e. The first kappa shape index (κ1) is 14.8. The smallest absolute Gasteiger partial charge is 0.124 e. The third-order valence-corrected chi connectivity index (χ3v) is 5.74. The molecule has 5 heteroatoms. The van der Waals surface area contributed by atoms with E-state index in [1.165, 1.54) is 21.8 Å². The summed E-state index contributed by atoms with van der Waals surface area (Å²) in [6, 6.07) is 10.5. The number of aromatic nitrogens is 1. The molecular weight excluding hydrogens is 304 g/mol. The fourth-order valence-corrected chi connectivity index (χ4v) is 4.28. The van der Waals surface area contributed by atoms with Gasteiger partial charge in [0.1, 0.15) is 5.01 Å². The second-order valence-corrected chi connectivity index (χ2v) is 7.32.